The van der Waals surface area contributed by atoms with E-state index in [2.05, 4.69) is 6.92 Å². The highest BCUT2D eigenvalue weighted by atomic mass is 16.3. The van der Waals surface area contributed by atoms with Crippen LogP contribution in [0.3, 0.4) is 0 Å². The van der Waals surface area contributed by atoms with Crippen LogP contribution in [0.15, 0.2) is 12.2 Å². The van der Waals surface area contributed by atoms with Gasteiger partial charge in [-0.15, -0.1) is 0 Å². The van der Waals surface area contributed by atoms with E-state index in [0.717, 1.165) is 19.4 Å². The Balaban J connectivity index is 3.20. The van der Waals surface area contributed by atoms with Gasteiger partial charge in [0, 0.05) is 0 Å². The fourth-order valence-electron chi connectivity index (χ4n) is 2.38. The van der Waals surface area contributed by atoms with Gasteiger partial charge in [-0.1, -0.05) is 83.3 Å². The Morgan fingerprint density at radius 2 is 1.33 bits per heavy atom. The molecule has 0 saturated heterocycles. The molecule has 21 heavy (non-hydrogen) atoms. The summed E-state index contributed by atoms with van der Waals surface area (Å²) in [4.78, 5) is 0. The molecule has 0 rings (SSSR count). The summed E-state index contributed by atoms with van der Waals surface area (Å²) in [6.45, 7) is 3.09. The van der Waals surface area contributed by atoms with Crippen molar-refractivity contribution in [2.45, 2.75) is 96.1 Å². The lowest BCUT2D eigenvalue weighted by molar-refractivity contribution is 0.175. The van der Waals surface area contributed by atoms with E-state index in [1.165, 1.54) is 64.2 Å². The van der Waals surface area contributed by atoms with Crippen molar-refractivity contribution in [3.05, 3.63) is 18.8 Å². The van der Waals surface area contributed by atoms with Gasteiger partial charge in [0.05, 0.1) is 18.8 Å². The monoisotopic (exact) mass is 298 g/mol. The Kier molecular flexibility index (Phi) is 15.7. The van der Waals surface area contributed by atoms with E-state index in [4.69, 9.17) is 10.8 Å². The summed E-state index contributed by atoms with van der Waals surface area (Å²) >= 11 is 0. The molecule has 0 saturated carbocycles. The van der Waals surface area contributed by atoms with Crippen molar-refractivity contribution < 1.29 is 10.2 Å². The molecule has 0 aromatic heterocycles. The second-order valence-corrected chi connectivity index (χ2v) is 5.97. The van der Waals surface area contributed by atoms with Crippen LogP contribution in [-0.4, -0.2) is 22.4 Å². The molecule has 2 unspecified atom stereocenters. The maximum atomic E-state index is 9.49. The van der Waals surface area contributed by atoms with E-state index in [1.54, 1.807) is 6.08 Å². The standard InChI is InChI=1S/C18H36NO2/c1-2-3-4-5-6-7-8-9-10-11-12-13-14-15-18(21)17(19)16-20/h14-18,20-21H,2-13,19H2,1H3. The summed E-state index contributed by atoms with van der Waals surface area (Å²) in [6.07, 6.45) is 18.6. The highest BCUT2D eigenvalue weighted by Gasteiger charge is 2.09. The summed E-state index contributed by atoms with van der Waals surface area (Å²) in [5, 5.41) is 18.2. The minimum Gasteiger partial charge on any atom is -0.389 e. The minimum atomic E-state index is -0.775. The molecule has 0 heterocycles. The van der Waals surface area contributed by atoms with Gasteiger partial charge in [-0.2, -0.15) is 0 Å². The molecule has 0 amide bonds. The normalized spacial score (nSPS) is 14.7. The number of nitrogens with two attached hydrogens (primary N) is 1. The lowest BCUT2D eigenvalue weighted by atomic mass is 10.0. The summed E-state index contributed by atoms with van der Waals surface area (Å²) in [7, 11) is 0. The fourth-order valence-corrected chi connectivity index (χ4v) is 2.38. The van der Waals surface area contributed by atoms with Gasteiger partial charge in [0.2, 0.25) is 0 Å². The molecule has 125 valence electrons. The van der Waals surface area contributed by atoms with E-state index in [9.17, 15) is 5.11 Å². The summed E-state index contributed by atoms with van der Waals surface area (Å²) < 4.78 is 0. The largest absolute Gasteiger partial charge is 0.389 e. The van der Waals surface area contributed by atoms with Crippen LogP contribution in [0.5, 0.6) is 0 Å². The second-order valence-electron chi connectivity index (χ2n) is 5.97. The van der Waals surface area contributed by atoms with Gasteiger partial charge >= 0.3 is 0 Å². The van der Waals surface area contributed by atoms with Gasteiger partial charge in [0.1, 0.15) is 0 Å². The van der Waals surface area contributed by atoms with Crippen molar-refractivity contribution >= 4 is 0 Å². The Labute approximate surface area is 131 Å². The van der Waals surface area contributed by atoms with E-state index >= 15 is 0 Å². The van der Waals surface area contributed by atoms with Crippen LogP contribution in [0.4, 0.5) is 0 Å². The van der Waals surface area contributed by atoms with Crippen LogP contribution in [0.25, 0.3) is 0 Å². The first-order chi connectivity index (χ1) is 10.2. The molecule has 0 bridgehead atoms. The lowest BCUT2D eigenvalue weighted by Gasteiger charge is -2.11. The summed E-state index contributed by atoms with van der Waals surface area (Å²) in [5.74, 6) is 0. The molecule has 0 aliphatic heterocycles. The molecule has 0 aliphatic rings. The average molecular weight is 298 g/mol. The highest BCUT2D eigenvalue weighted by molar-refractivity contribution is 4.96. The smallest absolute Gasteiger partial charge is 0.0994 e. The molecule has 1 radical (unpaired) electrons. The zero-order valence-electron chi connectivity index (χ0n) is 13.8. The molecular formula is C18H36NO2. The van der Waals surface area contributed by atoms with Crippen molar-refractivity contribution in [1.29, 1.82) is 0 Å². The van der Waals surface area contributed by atoms with Crippen molar-refractivity contribution in [3.8, 4) is 0 Å². The SMILES string of the molecule is CCCCCCCCCCCCCC=CC(O)C(N)[CH]O. The number of hydrogen-bond acceptors (Lipinski definition) is 3. The van der Waals surface area contributed by atoms with Gasteiger partial charge in [0.15, 0.2) is 0 Å². The van der Waals surface area contributed by atoms with Crippen LogP contribution in [0.1, 0.15) is 84.0 Å². The first-order valence-electron chi connectivity index (χ1n) is 8.80. The van der Waals surface area contributed by atoms with Gasteiger partial charge < -0.3 is 15.9 Å². The van der Waals surface area contributed by atoms with Crippen molar-refractivity contribution in [2.75, 3.05) is 0 Å². The maximum Gasteiger partial charge on any atom is 0.0994 e. The van der Waals surface area contributed by atoms with Crippen LogP contribution >= 0.6 is 0 Å². The predicted molar refractivity (Wildman–Crippen MR) is 90.4 cm³/mol. The van der Waals surface area contributed by atoms with Crippen molar-refractivity contribution in [3.63, 3.8) is 0 Å². The minimum absolute atomic E-state index is 0.682. The van der Waals surface area contributed by atoms with Crippen LogP contribution in [0, 0.1) is 6.61 Å². The Morgan fingerprint density at radius 1 is 0.857 bits per heavy atom. The molecule has 0 aromatic rings. The van der Waals surface area contributed by atoms with Gasteiger partial charge in [-0.3, -0.25) is 0 Å². The molecule has 0 aliphatic carbocycles. The Bertz CT molecular complexity index is 231. The average Bonchev–Trinajstić information content (AvgIpc) is 2.50. The predicted octanol–water partition coefficient (Wildman–Crippen LogP) is 4.47. The zero-order valence-corrected chi connectivity index (χ0v) is 13.8. The second kappa shape index (κ2) is 16.0. The Morgan fingerprint density at radius 3 is 1.81 bits per heavy atom. The third kappa shape index (κ3) is 14.3. The van der Waals surface area contributed by atoms with Gasteiger partial charge in [-0.25, -0.2) is 0 Å². The quantitative estimate of drug-likeness (QED) is 0.309. The molecule has 0 aromatic carbocycles. The first kappa shape index (κ1) is 20.6. The van der Waals surface area contributed by atoms with Crippen molar-refractivity contribution in [2.24, 2.45) is 5.73 Å². The molecule has 3 heteroatoms. The van der Waals surface area contributed by atoms with Crippen LogP contribution < -0.4 is 5.73 Å². The highest BCUT2D eigenvalue weighted by Crippen LogP contribution is 2.12. The maximum absolute atomic E-state index is 9.49. The summed E-state index contributed by atoms with van der Waals surface area (Å²) in [5.41, 5.74) is 5.46. The van der Waals surface area contributed by atoms with Gasteiger partial charge in [-0.05, 0) is 12.8 Å². The lowest BCUT2D eigenvalue weighted by Crippen LogP contribution is -2.33. The summed E-state index contributed by atoms with van der Waals surface area (Å²) in [6, 6.07) is -0.682. The number of aliphatic hydroxyl groups is 2. The fraction of sp³-hybridized carbons (Fsp3) is 0.833. The van der Waals surface area contributed by atoms with E-state index < -0.39 is 12.1 Å². The topological polar surface area (TPSA) is 66.5 Å². The third-order valence-corrected chi connectivity index (χ3v) is 3.87. The van der Waals surface area contributed by atoms with Crippen LogP contribution in [-0.2, 0) is 0 Å². The van der Waals surface area contributed by atoms with E-state index in [0.29, 0.717) is 0 Å². The zero-order chi connectivity index (χ0) is 15.8. The number of hydrogen-bond donors (Lipinski definition) is 3. The molecule has 0 fully saturated rings. The van der Waals surface area contributed by atoms with Crippen molar-refractivity contribution in [1.82, 2.24) is 0 Å². The van der Waals surface area contributed by atoms with Crippen LogP contribution in [0.2, 0.25) is 0 Å². The first-order valence-corrected chi connectivity index (χ1v) is 8.80. The van der Waals surface area contributed by atoms with Gasteiger partial charge in [0.25, 0.3) is 0 Å². The number of unbranched alkanes of at least 4 members (excludes halogenated alkanes) is 11. The molecule has 0 spiro atoms. The number of rotatable bonds is 15. The number of aliphatic hydroxyl groups excluding tert-OH is 2. The van der Waals surface area contributed by atoms with E-state index in [-0.39, 0.29) is 0 Å². The molecule has 2 atom stereocenters. The molecule has 3 nitrogen and oxygen atoms in total. The molecular weight excluding hydrogens is 262 g/mol. The third-order valence-electron chi connectivity index (χ3n) is 3.87. The molecule has 4 N–H and O–H groups in total. The van der Waals surface area contributed by atoms with E-state index in [1.807, 2.05) is 6.08 Å². The Hall–Kier alpha value is -0.380. The number of allylic oxidation sites excluding steroid dienone is 1.